The third-order valence-corrected chi connectivity index (χ3v) is 6.60. The molecule has 1 amide bonds. The molecule has 1 aliphatic carbocycles. The molecule has 6 N–H and O–H groups in total. The maximum atomic E-state index is 15.1. The summed E-state index contributed by atoms with van der Waals surface area (Å²) in [5.74, 6) is -0.358. The molecule has 10 heteroatoms. The number of carbonyl (C=O) groups excluding carboxylic acids is 1. The lowest BCUT2D eigenvalue weighted by atomic mass is 9.98. The Bertz CT molecular complexity index is 1660. The SMILES string of the molecule is CC(=O)NC/C=C/c1c(N)nc(N)nc1-c1cccc(-n2ccc3cc(C4CC4)cc(F)c3c2=O)c1CO. The molecule has 1 fully saturated rings. The van der Waals surface area contributed by atoms with Gasteiger partial charge in [0.1, 0.15) is 11.6 Å². The molecule has 0 aliphatic heterocycles. The minimum absolute atomic E-state index is 0.0108. The van der Waals surface area contributed by atoms with Gasteiger partial charge in [-0.15, -0.1) is 0 Å². The molecule has 0 unspecified atom stereocenters. The van der Waals surface area contributed by atoms with Gasteiger partial charge in [-0.05, 0) is 47.9 Å². The number of hydrogen-bond donors (Lipinski definition) is 4. The summed E-state index contributed by atoms with van der Waals surface area (Å²) in [5, 5.41) is 13.6. The first kappa shape index (κ1) is 25.1. The van der Waals surface area contributed by atoms with E-state index < -0.39 is 18.0 Å². The molecule has 0 atom stereocenters. The molecule has 0 saturated heterocycles. The predicted molar refractivity (Wildman–Crippen MR) is 145 cm³/mol. The number of aliphatic hydroxyl groups excluding tert-OH is 1. The van der Waals surface area contributed by atoms with E-state index in [1.807, 2.05) is 6.07 Å². The maximum absolute atomic E-state index is 15.1. The molecule has 4 aromatic rings. The van der Waals surface area contributed by atoms with E-state index >= 15 is 4.39 Å². The summed E-state index contributed by atoms with van der Waals surface area (Å²) in [6.45, 7) is 1.22. The largest absolute Gasteiger partial charge is 0.392 e. The second-order valence-corrected chi connectivity index (χ2v) is 9.26. The summed E-state index contributed by atoms with van der Waals surface area (Å²) in [7, 11) is 0. The highest BCUT2D eigenvalue weighted by Crippen LogP contribution is 2.41. The zero-order chi connectivity index (χ0) is 27.0. The van der Waals surface area contributed by atoms with Crippen LogP contribution in [0.4, 0.5) is 16.2 Å². The molecule has 5 rings (SSSR count). The fourth-order valence-electron chi connectivity index (χ4n) is 4.63. The Morgan fingerprint density at radius 2 is 2.03 bits per heavy atom. The van der Waals surface area contributed by atoms with Crippen LogP contribution in [-0.2, 0) is 11.4 Å². The van der Waals surface area contributed by atoms with Crippen LogP contribution in [0.1, 0.15) is 42.4 Å². The van der Waals surface area contributed by atoms with Crippen molar-refractivity contribution >= 4 is 34.5 Å². The van der Waals surface area contributed by atoms with Crippen molar-refractivity contribution in [3.05, 3.63) is 81.5 Å². The van der Waals surface area contributed by atoms with Crippen LogP contribution in [0.2, 0.25) is 0 Å². The number of carbonyl (C=O) groups is 1. The maximum Gasteiger partial charge on any atom is 0.265 e. The topological polar surface area (TPSA) is 149 Å². The highest BCUT2D eigenvalue weighted by Gasteiger charge is 2.25. The summed E-state index contributed by atoms with van der Waals surface area (Å²) in [4.78, 5) is 33.1. The van der Waals surface area contributed by atoms with Gasteiger partial charge in [-0.25, -0.2) is 9.37 Å². The number of amides is 1. The zero-order valence-electron chi connectivity index (χ0n) is 20.7. The molecule has 38 heavy (non-hydrogen) atoms. The first-order chi connectivity index (χ1) is 18.3. The van der Waals surface area contributed by atoms with Gasteiger partial charge >= 0.3 is 0 Å². The van der Waals surface area contributed by atoms with Gasteiger partial charge in [-0.3, -0.25) is 14.2 Å². The number of nitrogens with two attached hydrogens (primary N) is 2. The number of aliphatic hydroxyl groups is 1. The quantitative estimate of drug-likeness (QED) is 0.296. The zero-order valence-corrected chi connectivity index (χ0v) is 20.7. The molecule has 1 aliphatic rings. The smallest absolute Gasteiger partial charge is 0.265 e. The number of rotatable bonds is 7. The minimum atomic E-state index is -0.562. The minimum Gasteiger partial charge on any atom is -0.392 e. The van der Waals surface area contributed by atoms with Crippen molar-refractivity contribution < 1.29 is 14.3 Å². The number of pyridine rings is 1. The normalized spacial score (nSPS) is 13.3. The number of hydrogen-bond acceptors (Lipinski definition) is 7. The Morgan fingerprint density at radius 1 is 1.24 bits per heavy atom. The van der Waals surface area contributed by atoms with Gasteiger partial charge in [-0.1, -0.05) is 30.4 Å². The van der Waals surface area contributed by atoms with Crippen molar-refractivity contribution in [1.29, 1.82) is 0 Å². The summed E-state index contributed by atoms with van der Waals surface area (Å²) in [6.07, 6.45) is 6.97. The van der Waals surface area contributed by atoms with Crippen molar-refractivity contribution in [2.24, 2.45) is 0 Å². The van der Waals surface area contributed by atoms with Crippen molar-refractivity contribution in [2.75, 3.05) is 18.0 Å². The Balaban J connectivity index is 1.66. The molecule has 0 radical (unpaired) electrons. The Kier molecular flexibility index (Phi) is 6.64. The Morgan fingerprint density at radius 3 is 2.74 bits per heavy atom. The fraction of sp³-hybridized carbons (Fsp3) is 0.214. The highest BCUT2D eigenvalue weighted by atomic mass is 19.1. The number of aromatic nitrogens is 3. The molecule has 1 saturated carbocycles. The van der Waals surface area contributed by atoms with Crippen molar-refractivity contribution in [2.45, 2.75) is 32.3 Å². The van der Waals surface area contributed by atoms with E-state index in [0.29, 0.717) is 39.4 Å². The summed E-state index contributed by atoms with van der Waals surface area (Å²) >= 11 is 0. The van der Waals surface area contributed by atoms with Crippen molar-refractivity contribution in [1.82, 2.24) is 19.9 Å². The van der Waals surface area contributed by atoms with Crippen molar-refractivity contribution in [3.63, 3.8) is 0 Å². The third kappa shape index (κ3) is 4.73. The van der Waals surface area contributed by atoms with Gasteiger partial charge in [0.25, 0.3) is 5.56 Å². The van der Waals surface area contributed by atoms with Crippen LogP contribution < -0.4 is 22.3 Å². The van der Waals surface area contributed by atoms with E-state index in [1.54, 1.807) is 42.6 Å². The fourth-order valence-corrected chi connectivity index (χ4v) is 4.63. The molecular formula is C28H27FN6O3. The number of benzene rings is 2. The number of nitrogens with one attached hydrogen (secondary N) is 1. The second kappa shape index (κ2) is 10.1. The Hall–Kier alpha value is -4.57. The number of nitrogens with zero attached hydrogens (tertiary/aromatic N) is 3. The van der Waals surface area contributed by atoms with E-state index in [1.165, 1.54) is 17.6 Å². The number of nitrogen functional groups attached to an aromatic ring is 2. The average molecular weight is 515 g/mol. The van der Waals surface area contributed by atoms with Crippen molar-refractivity contribution in [3.8, 4) is 16.9 Å². The second-order valence-electron chi connectivity index (χ2n) is 9.26. The van der Waals surface area contributed by atoms with Gasteiger partial charge in [0, 0.05) is 36.4 Å². The average Bonchev–Trinajstić information content (AvgIpc) is 3.72. The molecule has 0 spiro atoms. The van der Waals surface area contributed by atoms with E-state index in [-0.39, 0.29) is 29.6 Å². The molecule has 194 valence electrons. The van der Waals surface area contributed by atoms with Crippen LogP contribution in [0.25, 0.3) is 33.8 Å². The van der Waals surface area contributed by atoms with Gasteiger partial charge in [0.2, 0.25) is 11.9 Å². The van der Waals surface area contributed by atoms with Crippen LogP contribution in [0.3, 0.4) is 0 Å². The van der Waals surface area contributed by atoms with Crippen LogP contribution >= 0.6 is 0 Å². The summed E-state index contributed by atoms with van der Waals surface area (Å²) in [5.41, 5.74) is 14.4. The standard InChI is InChI=1S/C28H27FN6O3/c1-15(37)32-10-3-5-20-25(33-28(31)34-26(20)30)19-4-2-6-23(21(19)14-36)35-11-9-17-12-18(16-7-8-16)13-22(29)24(17)27(35)38/h2-6,9,11-13,16,36H,7-8,10,14H2,1H3,(H,32,37)(H4,30,31,33,34)/b5-3+. The molecular weight excluding hydrogens is 487 g/mol. The summed E-state index contributed by atoms with van der Waals surface area (Å²) in [6, 6.07) is 10.1. The van der Waals surface area contributed by atoms with Crippen LogP contribution in [0.5, 0.6) is 0 Å². The van der Waals surface area contributed by atoms with Gasteiger partial charge in [0.15, 0.2) is 0 Å². The first-order valence-corrected chi connectivity index (χ1v) is 12.2. The lowest BCUT2D eigenvalue weighted by Crippen LogP contribution is -2.20. The van der Waals surface area contributed by atoms with E-state index in [0.717, 1.165) is 18.4 Å². The van der Waals surface area contributed by atoms with E-state index in [2.05, 4.69) is 15.3 Å². The third-order valence-electron chi connectivity index (χ3n) is 6.60. The molecule has 2 aromatic carbocycles. The number of fused-ring (bicyclic) bond motifs is 1. The monoisotopic (exact) mass is 514 g/mol. The molecule has 2 heterocycles. The van der Waals surface area contributed by atoms with Gasteiger partial charge in [-0.2, -0.15) is 4.98 Å². The van der Waals surface area contributed by atoms with E-state index in [4.69, 9.17) is 11.5 Å². The lowest BCUT2D eigenvalue weighted by molar-refractivity contribution is -0.118. The van der Waals surface area contributed by atoms with Crippen LogP contribution in [-0.4, -0.2) is 32.1 Å². The Labute approximate surface area is 217 Å². The van der Waals surface area contributed by atoms with Crippen LogP contribution in [0, 0.1) is 5.82 Å². The predicted octanol–water partition coefficient (Wildman–Crippen LogP) is 3.27. The summed E-state index contributed by atoms with van der Waals surface area (Å²) < 4.78 is 16.4. The first-order valence-electron chi connectivity index (χ1n) is 12.2. The number of halogens is 1. The molecule has 0 bridgehead atoms. The molecule has 9 nitrogen and oxygen atoms in total. The lowest BCUT2D eigenvalue weighted by Gasteiger charge is -2.17. The van der Waals surface area contributed by atoms with Gasteiger partial charge < -0.3 is 21.9 Å². The molecule has 2 aromatic heterocycles. The van der Waals surface area contributed by atoms with Crippen LogP contribution in [0.15, 0.2) is 53.5 Å². The van der Waals surface area contributed by atoms with E-state index in [9.17, 15) is 14.7 Å². The van der Waals surface area contributed by atoms with Gasteiger partial charge in [0.05, 0.1) is 23.4 Å². The highest BCUT2D eigenvalue weighted by molar-refractivity contribution is 5.85. The number of anilines is 2.